The van der Waals surface area contributed by atoms with Crippen molar-refractivity contribution in [1.82, 2.24) is 15.1 Å². The molecule has 1 saturated heterocycles. The molecule has 7 heteroatoms. The Hall–Kier alpha value is -2.41. The van der Waals surface area contributed by atoms with Gasteiger partial charge in [0.15, 0.2) is 0 Å². The minimum Gasteiger partial charge on any atom is -0.323 e. The molecule has 2 atom stereocenters. The van der Waals surface area contributed by atoms with Crippen LogP contribution >= 0.6 is 0 Å². The number of hydrogen-bond donors (Lipinski definition) is 2. The minimum atomic E-state index is -0.921. The maximum absolute atomic E-state index is 12.5. The van der Waals surface area contributed by atoms with Gasteiger partial charge in [-0.15, -0.1) is 0 Å². The van der Waals surface area contributed by atoms with Crippen molar-refractivity contribution < 1.29 is 14.4 Å². The molecule has 7 nitrogen and oxygen atoms in total. The van der Waals surface area contributed by atoms with Gasteiger partial charge < -0.3 is 16.0 Å². The average molecular weight is 318 g/mol. The first-order valence-corrected chi connectivity index (χ1v) is 7.62. The number of benzene rings is 1. The summed E-state index contributed by atoms with van der Waals surface area (Å²) in [4.78, 5) is 39.1. The molecule has 0 saturated carbocycles. The number of rotatable bonds is 5. The van der Waals surface area contributed by atoms with Crippen LogP contribution in [0.15, 0.2) is 30.3 Å². The Bertz CT molecular complexity index is 590. The summed E-state index contributed by atoms with van der Waals surface area (Å²) in [6.45, 7) is 2.17. The van der Waals surface area contributed by atoms with Gasteiger partial charge >= 0.3 is 6.03 Å². The summed E-state index contributed by atoms with van der Waals surface area (Å²) in [6.07, 6.45) is 0.0689. The second-order valence-corrected chi connectivity index (χ2v) is 5.57. The van der Waals surface area contributed by atoms with Gasteiger partial charge in [-0.2, -0.15) is 0 Å². The van der Waals surface area contributed by atoms with Gasteiger partial charge in [-0.05, 0) is 12.0 Å². The third kappa shape index (κ3) is 3.68. The van der Waals surface area contributed by atoms with E-state index in [2.05, 4.69) is 5.32 Å². The summed E-state index contributed by atoms with van der Waals surface area (Å²) in [7, 11) is 1.38. The molecule has 0 spiro atoms. The lowest BCUT2D eigenvalue weighted by Crippen LogP contribution is -2.70. The second kappa shape index (κ2) is 7.23. The van der Waals surface area contributed by atoms with Crippen LogP contribution in [0.25, 0.3) is 0 Å². The highest BCUT2D eigenvalue weighted by Crippen LogP contribution is 2.17. The van der Waals surface area contributed by atoms with Crippen LogP contribution < -0.4 is 11.1 Å². The zero-order valence-corrected chi connectivity index (χ0v) is 13.4. The topological polar surface area (TPSA) is 95.7 Å². The smallest absolute Gasteiger partial charge is 0.323 e. The van der Waals surface area contributed by atoms with E-state index < -0.39 is 24.1 Å². The van der Waals surface area contributed by atoms with Crippen molar-refractivity contribution in [1.29, 1.82) is 0 Å². The average Bonchev–Trinajstić information content (AvgIpc) is 2.53. The Morgan fingerprint density at radius 3 is 2.57 bits per heavy atom. The molecule has 23 heavy (non-hydrogen) atoms. The van der Waals surface area contributed by atoms with Crippen LogP contribution in [0.2, 0.25) is 0 Å². The van der Waals surface area contributed by atoms with Crippen LogP contribution in [0.5, 0.6) is 0 Å². The van der Waals surface area contributed by atoms with E-state index >= 15 is 0 Å². The fourth-order valence-corrected chi connectivity index (χ4v) is 2.58. The Morgan fingerprint density at radius 1 is 1.30 bits per heavy atom. The first kappa shape index (κ1) is 17.0. The maximum Gasteiger partial charge on any atom is 0.325 e. The predicted octanol–water partition coefficient (Wildman–Crippen LogP) is 0.650. The zero-order chi connectivity index (χ0) is 17.0. The van der Waals surface area contributed by atoms with E-state index in [1.165, 1.54) is 11.9 Å². The van der Waals surface area contributed by atoms with E-state index in [0.29, 0.717) is 12.8 Å². The Morgan fingerprint density at radius 2 is 1.96 bits per heavy atom. The van der Waals surface area contributed by atoms with Crippen LogP contribution in [0.3, 0.4) is 0 Å². The standard InChI is InChI=1S/C16H22N4O3/c1-3-7-12(21)20(10-11-8-5-4-6-9-11)13-14(17)18-16(23)19(2)15(13)22/h4-6,8-9,13-14H,3,7,10,17H2,1-2H3,(H,18,23). The van der Waals surface area contributed by atoms with Gasteiger partial charge in [0.2, 0.25) is 5.91 Å². The Labute approximate surface area is 135 Å². The first-order chi connectivity index (χ1) is 11.0. The molecule has 0 aromatic heterocycles. The van der Waals surface area contributed by atoms with E-state index in [4.69, 9.17) is 5.73 Å². The van der Waals surface area contributed by atoms with Gasteiger partial charge in [0, 0.05) is 20.0 Å². The van der Waals surface area contributed by atoms with Gasteiger partial charge in [0.1, 0.15) is 12.2 Å². The number of hydrogen-bond acceptors (Lipinski definition) is 4. The van der Waals surface area contributed by atoms with Crippen molar-refractivity contribution in [3.05, 3.63) is 35.9 Å². The monoisotopic (exact) mass is 318 g/mol. The van der Waals surface area contributed by atoms with Crippen LogP contribution in [-0.4, -0.2) is 46.9 Å². The third-order valence-corrected chi connectivity index (χ3v) is 3.83. The highest BCUT2D eigenvalue weighted by molar-refractivity contribution is 6.01. The highest BCUT2D eigenvalue weighted by atomic mass is 16.2. The Balaban J connectivity index is 2.30. The van der Waals surface area contributed by atoms with Gasteiger partial charge in [-0.25, -0.2) is 4.79 Å². The fraction of sp³-hybridized carbons (Fsp3) is 0.438. The number of nitrogens with two attached hydrogens (primary N) is 1. The number of amides is 4. The third-order valence-electron chi connectivity index (χ3n) is 3.83. The van der Waals surface area contributed by atoms with E-state index in [0.717, 1.165) is 10.5 Å². The number of carbonyl (C=O) groups is 3. The van der Waals surface area contributed by atoms with Crippen molar-refractivity contribution in [2.45, 2.75) is 38.5 Å². The molecule has 4 amide bonds. The van der Waals surface area contributed by atoms with Crippen LogP contribution in [0.1, 0.15) is 25.3 Å². The molecule has 2 rings (SSSR count). The minimum absolute atomic E-state index is 0.158. The molecule has 124 valence electrons. The molecular weight excluding hydrogens is 296 g/mol. The quantitative estimate of drug-likeness (QED) is 0.833. The second-order valence-electron chi connectivity index (χ2n) is 5.57. The van der Waals surface area contributed by atoms with Crippen molar-refractivity contribution in [3.8, 4) is 0 Å². The van der Waals surface area contributed by atoms with E-state index in [1.54, 1.807) is 0 Å². The van der Waals surface area contributed by atoms with E-state index in [9.17, 15) is 14.4 Å². The summed E-state index contributed by atoms with van der Waals surface area (Å²) in [5.74, 6) is -0.628. The van der Waals surface area contributed by atoms with Gasteiger partial charge in [-0.3, -0.25) is 14.5 Å². The molecule has 1 aliphatic heterocycles. The lowest BCUT2D eigenvalue weighted by atomic mass is 10.1. The molecule has 1 aliphatic rings. The zero-order valence-electron chi connectivity index (χ0n) is 13.4. The molecule has 1 aromatic rings. The molecule has 0 radical (unpaired) electrons. The van der Waals surface area contributed by atoms with Crippen LogP contribution in [0.4, 0.5) is 4.79 Å². The molecule has 3 N–H and O–H groups in total. The largest absolute Gasteiger partial charge is 0.325 e. The molecule has 0 bridgehead atoms. The lowest BCUT2D eigenvalue weighted by Gasteiger charge is -2.40. The number of nitrogens with zero attached hydrogens (tertiary/aromatic N) is 2. The van der Waals surface area contributed by atoms with Crippen molar-refractivity contribution in [2.24, 2.45) is 5.73 Å². The normalized spacial score (nSPS) is 21.1. The summed E-state index contributed by atoms with van der Waals surface area (Å²) < 4.78 is 0. The van der Waals surface area contributed by atoms with Crippen molar-refractivity contribution >= 4 is 17.8 Å². The summed E-state index contributed by atoms with van der Waals surface area (Å²) >= 11 is 0. The number of nitrogens with one attached hydrogen (secondary N) is 1. The van der Waals surface area contributed by atoms with Crippen LogP contribution in [-0.2, 0) is 16.1 Å². The molecule has 0 aliphatic carbocycles. The van der Waals surface area contributed by atoms with Crippen molar-refractivity contribution in [2.75, 3.05) is 7.05 Å². The number of imide groups is 1. The number of likely N-dealkylation sites (N-methyl/N-ethyl adjacent to an activating group) is 1. The number of carbonyl (C=O) groups excluding carboxylic acids is 3. The lowest BCUT2D eigenvalue weighted by molar-refractivity contribution is -0.147. The summed E-state index contributed by atoms with van der Waals surface area (Å²) in [5, 5.41) is 2.52. The maximum atomic E-state index is 12.5. The molecule has 1 heterocycles. The summed E-state index contributed by atoms with van der Waals surface area (Å²) in [5.41, 5.74) is 6.84. The van der Waals surface area contributed by atoms with Crippen molar-refractivity contribution in [3.63, 3.8) is 0 Å². The SMILES string of the molecule is CCCC(=O)N(Cc1ccccc1)C1C(=O)N(C)C(=O)NC1N. The Kier molecular flexibility index (Phi) is 5.33. The van der Waals surface area contributed by atoms with Gasteiger partial charge in [0.25, 0.3) is 5.91 Å². The van der Waals surface area contributed by atoms with Gasteiger partial charge in [0.05, 0.1) is 0 Å². The number of urea groups is 1. The highest BCUT2D eigenvalue weighted by Gasteiger charge is 2.42. The van der Waals surface area contributed by atoms with Crippen LogP contribution in [0, 0.1) is 0 Å². The molecule has 1 fully saturated rings. The summed E-state index contributed by atoms with van der Waals surface area (Å²) in [6, 6.07) is 7.93. The van der Waals surface area contributed by atoms with Gasteiger partial charge in [-0.1, -0.05) is 37.3 Å². The predicted molar refractivity (Wildman–Crippen MR) is 85.0 cm³/mol. The molecule has 2 unspecified atom stereocenters. The molecule has 1 aromatic carbocycles. The van der Waals surface area contributed by atoms with E-state index in [1.807, 2.05) is 37.3 Å². The fourth-order valence-electron chi connectivity index (χ4n) is 2.58. The first-order valence-electron chi connectivity index (χ1n) is 7.62. The van der Waals surface area contributed by atoms with E-state index in [-0.39, 0.29) is 12.5 Å². The molecular formula is C16H22N4O3.